The maximum absolute atomic E-state index is 12.0. The fourth-order valence-corrected chi connectivity index (χ4v) is 9.66. The number of rotatable bonds is 26. The summed E-state index contributed by atoms with van der Waals surface area (Å²) >= 11 is 0. The molecule has 312 valence electrons. The third-order valence-corrected chi connectivity index (χ3v) is 12.9. The molecule has 0 aliphatic heterocycles. The van der Waals surface area contributed by atoms with Crippen LogP contribution in [0.25, 0.3) is 21.5 Å². The van der Waals surface area contributed by atoms with Gasteiger partial charge >= 0.3 is 37.7 Å². The zero-order valence-corrected chi connectivity index (χ0v) is 39.6. The number of benzene rings is 4. The fourth-order valence-electron chi connectivity index (χ4n) is 8.06. The molecule has 9 heteroatoms. The van der Waals surface area contributed by atoms with Crippen LogP contribution in [0.2, 0.25) is 0 Å². The number of unbranched alkanes of at least 4 members (excludes halogenated alkanes) is 16. The first-order valence-electron chi connectivity index (χ1n) is 22.0. The van der Waals surface area contributed by atoms with E-state index >= 15 is 0 Å². The molecule has 0 bridgehead atoms. The van der Waals surface area contributed by atoms with Gasteiger partial charge in [0.25, 0.3) is 0 Å². The van der Waals surface area contributed by atoms with Gasteiger partial charge in [-0.05, 0) is 107 Å². The molecule has 0 spiro atoms. The van der Waals surface area contributed by atoms with Gasteiger partial charge in [0.2, 0.25) is 0 Å². The van der Waals surface area contributed by atoms with Gasteiger partial charge in [-0.25, -0.2) is 16.8 Å². The molecular formula is C48H70CaO6S2. The Labute approximate surface area is 376 Å². The van der Waals surface area contributed by atoms with Gasteiger partial charge in [0.1, 0.15) is 20.2 Å². The van der Waals surface area contributed by atoms with Crippen molar-refractivity contribution in [3.05, 3.63) is 82.9 Å². The zero-order valence-electron chi connectivity index (χ0n) is 35.7. The van der Waals surface area contributed by atoms with Gasteiger partial charge in [0.05, 0.1) is 9.79 Å². The first-order valence-corrected chi connectivity index (χ1v) is 24.8. The van der Waals surface area contributed by atoms with E-state index in [9.17, 15) is 25.9 Å². The molecule has 0 aliphatic carbocycles. The van der Waals surface area contributed by atoms with Gasteiger partial charge in [0, 0.05) is 0 Å². The van der Waals surface area contributed by atoms with Crippen molar-refractivity contribution >= 4 is 79.5 Å². The molecule has 6 nitrogen and oxygen atoms in total. The van der Waals surface area contributed by atoms with Crippen LogP contribution in [0.5, 0.6) is 0 Å². The monoisotopic (exact) mass is 846 g/mol. The Morgan fingerprint density at radius 3 is 0.930 bits per heavy atom. The minimum absolute atomic E-state index is 0. The number of hydrogen-bond acceptors (Lipinski definition) is 6. The fraction of sp³-hybridized carbons (Fsp3) is 0.583. The Morgan fingerprint density at radius 2 is 0.649 bits per heavy atom. The first-order chi connectivity index (χ1) is 27.0. The van der Waals surface area contributed by atoms with E-state index in [1.165, 1.54) is 64.2 Å². The number of hydrogen-bond donors (Lipinski definition) is 0. The van der Waals surface area contributed by atoms with Crippen LogP contribution in [0.1, 0.15) is 178 Å². The van der Waals surface area contributed by atoms with E-state index in [0.29, 0.717) is 12.8 Å². The molecule has 0 heterocycles. The Bertz CT molecular complexity index is 1830. The summed E-state index contributed by atoms with van der Waals surface area (Å²) in [6.07, 6.45) is 25.8. The maximum atomic E-state index is 12.0. The van der Waals surface area contributed by atoms with E-state index in [-0.39, 0.29) is 47.5 Å². The Kier molecular flexibility index (Phi) is 25.4. The minimum Gasteiger partial charge on any atom is -0.744 e. The molecule has 0 N–H and O–H groups in total. The van der Waals surface area contributed by atoms with E-state index in [1.807, 2.05) is 36.4 Å². The third-order valence-electron chi connectivity index (χ3n) is 11.1. The molecule has 57 heavy (non-hydrogen) atoms. The van der Waals surface area contributed by atoms with Crippen LogP contribution in [-0.4, -0.2) is 63.7 Å². The number of aryl methyl sites for hydroxylation is 2. The molecule has 0 atom stereocenters. The van der Waals surface area contributed by atoms with Gasteiger partial charge in [-0.1, -0.05) is 179 Å². The van der Waals surface area contributed by atoms with Crippen LogP contribution >= 0.6 is 0 Å². The average Bonchev–Trinajstić information content (AvgIpc) is 3.17. The van der Waals surface area contributed by atoms with E-state index < -0.39 is 20.2 Å². The van der Waals surface area contributed by atoms with Gasteiger partial charge in [0.15, 0.2) is 0 Å². The average molecular weight is 847 g/mol. The summed E-state index contributed by atoms with van der Waals surface area (Å²) in [4.78, 5) is 0.00972. The number of fused-ring (bicyclic) bond motifs is 2. The van der Waals surface area contributed by atoms with Crippen molar-refractivity contribution in [2.45, 2.75) is 192 Å². The smallest absolute Gasteiger partial charge is 0.744 e. The molecule has 0 amide bonds. The van der Waals surface area contributed by atoms with E-state index in [4.69, 9.17) is 0 Å². The topological polar surface area (TPSA) is 114 Å². The Hall–Kier alpha value is -1.52. The molecule has 0 fully saturated rings. The molecule has 0 saturated heterocycles. The summed E-state index contributed by atoms with van der Waals surface area (Å²) in [5.41, 5.74) is 3.72. The van der Waals surface area contributed by atoms with Crippen LogP contribution in [0.4, 0.5) is 0 Å². The zero-order chi connectivity index (χ0) is 40.8. The first kappa shape index (κ1) is 51.6. The van der Waals surface area contributed by atoms with Crippen molar-refractivity contribution in [1.29, 1.82) is 0 Å². The molecule has 4 aromatic rings. The normalized spacial score (nSPS) is 11.8. The Balaban J connectivity index is 0.000000387. The second-order valence-electron chi connectivity index (χ2n) is 15.7. The van der Waals surface area contributed by atoms with Gasteiger partial charge in [-0.3, -0.25) is 0 Å². The molecule has 4 aromatic carbocycles. The van der Waals surface area contributed by atoms with Gasteiger partial charge in [-0.15, -0.1) is 0 Å². The predicted octanol–water partition coefficient (Wildman–Crippen LogP) is 13.2. The van der Waals surface area contributed by atoms with Crippen LogP contribution in [0.3, 0.4) is 0 Å². The molecule has 0 unspecified atom stereocenters. The second-order valence-corrected chi connectivity index (χ2v) is 18.4. The van der Waals surface area contributed by atoms with Crippen LogP contribution < -0.4 is 0 Å². The van der Waals surface area contributed by atoms with Crippen molar-refractivity contribution in [2.24, 2.45) is 0 Å². The van der Waals surface area contributed by atoms with Crippen LogP contribution in [-0.2, 0) is 45.9 Å². The SMILES string of the molecule is CCCCCCCc1c(S(=O)(=O)[O-])cc2ccccc2c1CCCCCCC.CCCCCCCc1c(S(=O)(=O)[O-])cc2ccccc2c1CCCCCCC.[Ca+2]. The molecule has 0 saturated carbocycles. The quantitative estimate of drug-likeness (QED) is 0.0353. The third kappa shape index (κ3) is 17.5. The summed E-state index contributed by atoms with van der Waals surface area (Å²) in [6.45, 7) is 8.77. The van der Waals surface area contributed by atoms with Crippen molar-refractivity contribution in [3.63, 3.8) is 0 Å². The summed E-state index contributed by atoms with van der Waals surface area (Å²) < 4.78 is 72.3. The standard InChI is InChI=1S/2C24H36O3S.Ca/c2*1-3-5-7-9-11-17-22-21-16-14-13-15-20(21)19-24(28(25,26)27)23(22)18-12-10-8-6-4-2;/h2*13-16,19H,3-12,17-18H2,1-2H3,(H,25,26,27);/q;;+2/p-2. The summed E-state index contributed by atoms with van der Waals surface area (Å²) in [5, 5.41) is 3.92. The van der Waals surface area contributed by atoms with Crippen molar-refractivity contribution in [3.8, 4) is 0 Å². The molecular weight excluding hydrogens is 777 g/mol. The summed E-state index contributed by atoms with van der Waals surface area (Å²) in [5.74, 6) is 0. The maximum Gasteiger partial charge on any atom is 2.00 e. The van der Waals surface area contributed by atoms with E-state index in [1.54, 1.807) is 12.1 Å². The molecule has 0 aromatic heterocycles. The van der Waals surface area contributed by atoms with Crippen LogP contribution in [0.15, 0.2) is 70.5 Å². The van der Waals surface area contributed by atoms with Crippen molar-refractivity contribution < 1.29 is 25.9 Å². The molecule has 0 radical (unpaired) electrons. The summed E-state index contributed by atoms with van der Waals surface area (Å²) in [7, 11) is -8.97. The van der Waals surface area contributed by atoms with Gasteiger partial charge < -0.3 is 9.11 Å². The summed E-state index contributed by atoms with van der Waals surface area (Å²) in [6, 6.07) is 19.0. The van der Waals surface area contributed by atoms with Crippen molar-refractivity contribution in [1.82, 2.24) is 0 Å². The molecule has 4 rings (SSSR count). The van der Waals surface area contributed by atoms with Crippen LogP contribution in [0, 0.1) is 0 Å². The molecule has 0 aliphatic rings. The Morgan fingerprint density at radius 1 is 0.386 bits per heavy atom. The largest absolute Gasteiger partial charge is 2.00 e. The minimum atomic E-state index is -4.48. The van der Waals surface area contributed by atoms with Gasteiger partial charge in [-0.2, -0.15) is 0 Å². The van der Waals surface area contributed by atoms with E-state index in [2.05, 4.69) is 39.8 Å². The van der Waals surface area contributed by atoms with Crippen molar-refractivity contribution in [2.75, 3.05) is 0 Å². The second kappa shape index (κ2) is 28.1. The van der Waals surface area contributed by atoms with E-state index in [0.717, 1.165) is 121 Å². The predicted molar refractivity (Wildman–Crippen MR) is 239 cm³/mol.